The maximum Gasteiger partial charge on any atom is 0.344 e. The van der Waals surface area contributed by atoms with E-state index in [1.165, 1.54) is 36.0 Å². The summed E-state index contributed by atoms with van der Waals surface area (Å²) >= 11 is 1.38. The third kappa shape index (κ3) is 4.42. The van der Waals surface area contributed by atoms with Crippen LogP contribution in [0.25, 0.3) is 0 Å². The van der Waals surface area contributed by atoms with E-state index in [0.29, 0.717) is 11.5 Å². The van der Waals surface area contributed by atoms with Crippen LogP contribution in [0.15, 0.2) is 63.4 Å². The SMILES string of the molecule is Cn1ccnc1SCc1cc(=O)c(OC(=O)c2cccc([N+](=O)[O-])c2)co1. The number of carbonyl (C=O) groups is 1. The standard InChI is InChI=1S/C17H13N3O6S/c1-19-6-5-18-17(19)27-10-13-8-14(21)15(9-25-13)26-16(22)11-3-2-4-12(7-11)20(23)24/h2-9H,10H2,1H3. The van der Waals surface area contributed by atoms with Gasteiger partial charge in [0.05, 0.1) is 16.2 Å². The van der Waals surface area contributed by atoms with Crippen molar-refractivity contribution in [2.45, 2.75) is 10.9 Å². The summed E-state index contributed by atoms with van der Waals surface area (Å²) in [6.45, 7) is 0. The number of nitrogens with zero attached hydrogens (tertiary/aromatic N) is 3. The molecule has 0 saturated carbocycles. The lowest BCUT2D eigenvalue weighted by molar-refractivity contribution is -0.384. The lowest BCUT2D eigenvalue weighted by atomic mass is 10.2. The normalized spacial score (nSPS) is 10.6. The van der Waals surface area contributed by atoms with Gasteiger partial charge in [-0.2, -0.15) is 0 Å². The number of imidazole rings is 1. The highest BCUT2D eigenvalue weighted by atomic mass is 32.2. The van der Waals surface area contributed by atoms with Crippen molar-refractivity contribution in [2.75, 3.05) is 0 Å². The number of hydrogen-bond acceptors (Lipinski definition) is 8. The van der Waals surface area contributed by atoms with Crippen LogP contribution in [-0.2, 0) is 12.8 Å². The van der Waals surface area contributed by atoms with Gasteiger partial charge < -0.3 is 13.7 Å². The van der Waals surface area contributed by atoms with Gasteiger partial charge in [0.25, 0.3) is 5.69 Å². The molecule has 0 aliphatic heterocycles. The number of carbonyl (C=O) groups excluding carboxylic acids is 1. The Morgan fingerprint density at radius 1 is 1.41 bits per heavy atom. The van der Waals surface area contributed by atoms with Crippen molar-refractivity contribution in [1.29, 1.82) is 0 Å². The first-order valence-electron chi connectivity index (χ1n) is 7.62. The van der Waals surface area contributed by atoms with Crippen molar-refractivity contribution in [3.63, 3.8) is 0 Å². The van der Waals surface area contributed by atoms with E-state index in [1.807, 2.05) is 11.6 Å². The second kappa shape index (κ2) is 7.87. The van der Waals surface area contributed by atoms with Crippen LogP contribution in [0, 0.1) is 10.1 Å². The molecule has 3 aromatic rings. The van der Waals surface area contributed by atoms with Crippen molar-refractivity contribution < 1.29 is 18.9 Å². The number of benzene rings is 1. The molecule has 10 heteroatoms. The number of esters is 1. The van der Waals surface area contributed by atoms with Gasteiger partial charge in [0.15, 0.2) is 5.16 Å². The summed E-state index contributed by atoms with van der Waals surface area (Å²) in [4.78, 5) is 38.5. The Kier molecular flexibility index (Phi) is 5.36. The largest absolute Gasteiger partial charge is 0.464 e. The molecule has 0 atom stereocenters. The number of ether oxygens (including phenoxy) is 1. The quantitative estimate of drug-likeness (QED) is 0.274. The molecule has 9 nitrogen and oxygen atoms in total. The first kappa shape index (κ1) is 18.4. The smallest absolute Gasteiger partial charge is 0.344 e. The Labute approximate surface area is 156 Å². The number of thioether (sulfide) groups is 1. The molecule has 0 fully saturated rings. The first-order valence-corrected chi connectivity index (χ1v) is 8.61. The van der Waals surface area contributed by atoms with E-state index in [0.717, 1.165) is 17.5 Å². The highest BCUT2D eigenvalue weighted by Gasteiger charge is 2.16. The molecule has 138 valence electrons. The minimum atomic E-state index is -0.888. The molecule has 0 aliphatic rings. The summed E-state index contributed by atoms with van der Waals surface area (Å²) < 4.78 is 12.2. The Balaban J connectivity index is 1.69. The van der Waals surface area contributed by atoms with Crippen LogP contribution in [0.2, 0.25) is 0 Å². The molecule has 0 bridgehead atoms. The minimum Gasteiger partial charge on any atom is -0.464 e. The van der Waals surface area contributed by atoms with Gasteiger partial charge in [0.1, 0.15) is 12.0 Å². The van der Waals surface area contributed by atoms with E-state index < -0.39 is 16.3 Å². The van der Waals surface area contributed by atoms with Gasteiger partial charge >= 0.3 is 5.97 Å². The molecule has 0 saturated heterocycles. The summed E-state index contributed by atoms with van der Waals surface area (Å²) in [7, 11) is 1.85. The molecular weight excluding hydrogens is 374 g/mol. The summed E-state index contributed by atoms with van der Waals surface area (Å²) in [5.74, 6) is -0.416. The number of nitro groups is 1. The monoisotopic (exact) mass is 387 g/mol. The molecule has 0 amide bonds. The molecule has 0 aliphatic carbocycles. The van der Waals surface area contributed by atoms with Crippen LogP contribution in [0.5, 0.6) is 5.75 Å². The molecule has 0 spiro atoms. The van der Waals surface area contributed by atoms with Gasteiger partial charge in [0, 0.05) is 37.6 Å². The van der Waals surface area contributed by atoms with Crippen molar-refractivity contribution in [2.24, 2.45) is 7.05 Å². The number of aryl methyl sites for hydroxylation is 1. The topological polar surface area (TPSA) is 117 Å². The fourth-order valence-corrected chi connectivity index (χ4v) is 2.94. The summed E-state index contributed by atoms with van der Waals surface area (Å²) in [6, 6.07) is 6.26. The average Bonchev–Trinajstić information content (AvgIpc) is 3.07. The Hall–Kier alpha value is -3.40. The van der Waals surface area contributed by atoms with Crippen LogP contribution in [-0.4, -0.2) is 20.4 Å². The molecule has 2 aromatic heterocycles. The lowest BCUT2D eigenvalue weighted by Crippen LogP contribution is -2.14. The van der Waals surface area contributed by atoms with Crippen LogP contribution in [0.4, 0.5) is 5.69 Å². The Bertz CT molecular complexity index is 1060. The van der Waals surface area contributed by atoms with Crippen molar-refractivity contribution in [3.8, 4) is 5.75 Å². The van der Waals surface area contributed by atoms with E-state index in [1.54, 1.807) is 12.4 Å². The molecule has 0 unspecified atom stereocenters. The van der Waals surface area contributed by atoms with Crippen molar-refractivity contribution in [3.05, 3.63) is 80.7 Å². The molecule has 1 aromatic carbocycles. The fourth-order valence-electron chi connectivity index (χ4n) is 2.12. The Morgan fingerprint density at radius 3 is 2.89 bits per heavy atom. The van der Waals surface area contributed by atoms with Crippen molar-refractivity contribution in [1.82, 2.24) is 9.55 Å². The van der Waals surface area contributed by atoms with Crippen molar-refractivity contribution >= 4 is 23.4 Å². The van der Waals surface area contributed by atoms with E-state index >= 15 is 0 Å². The van der Waals surface area contributed by atoms with Crippen LogP contribution in [0.3, 0.4) is 0 Å². The second-order valence-corrected chi connectivity index (χ2v) is 6.32. The minimum absolute atomic E-state index is 0.0435. The Morgan fingerprint density at radius 2 is 2.22 bits per heavy atom. The number of non-ortho nitro benzene ring substituents is 1. The van der Waals surface area contributed by atoms with E-state index in [-0.39, 0.29) is 17.0 Å². The molecule has 0 radical (unpaired) electrons. The molecule has 27 heavy (non-hydrogen) atoms. The summed E-state index contributed by atoms with van der Waals surface area (Å²) in [5, 5.41) is 11.5. The lowest BCUT2D eigenvalue weighted by Gasteiger charge is -2.05. The molecule has 2 heterocycles. The second-order valence-electron chi connectivity index (χ2n) is 5.38. The maximum absolute atomic E-state index is 12.1. The molecule has 0 N–H and O–H groups in total. The zero-order valence-electron chi connectivity index (χ0n) is 14.0. The molecular formula is C17H13N3O6S. The van der Waals surface area contributed by atoms with Gasteiger partial charge in [-0.05, 0) is 6.07 Å². The van der Waals surface area contributed by atoms with Gasteiger partial charge in [-0.25, -0.2) is 9.78 Å². The van der Waals surface area contributed by atoms with Gasteiger partial charge in [-0.3, -0.25) is 14.9 Å². The zero-order chi connectivity index (χ0) is 19.4. The van der Waals surface area contributed by atoms with E-state index in [4.69, 9.17) is 9.15 Å². The molecule has 3 rings (SSSR count). The third-order valence-electron chi connectivity index (χ3n) is 3.47. The maximum atomic E-state index is 12.1. The van der Waals surface area contributed by atoms with E-state index in [9.17, 15) is 19.7 Å². The first-order chi connectivity index (χ1) is 12.9. The predicted molar refractivity (Wildman–Crippen MR) is 95.8 cm³/mol. The number of nitro benzene ring substituents is 1. The van der Waals surface area contributed by atoms with Crippen LogP contribution in [0.1, 0.15) is 16.1 Å². The van der Waals surface area contributed by atoms with Crippen LogP contribution < -0.4 is 10.2 Å². The fraction of sp³-hybridized carbons (Fsp3) is 0.118. The highest BCUT2D eigenvalue weighted by Crippen LogP contribution is 2.21. The zero-order valence-corrected chi connectivity index (χ0v) is 14.8. The van der Waals surface area contributed by atoms with Gasteiger partial charge in [0.2, 0.25) is 11.2 Å². The van der Waals surface area contributed by atoms with Gasteiger partial charge in [-0.15, -0.1) is 0 Å². The number of hydrogen-bond donors (Lipinski definition) is 0. The predicted octanol–water partition coefficient (Wildman–Crippen LogP) is 2.79. The summed E-state index contributed by atoms with van der Waals surface area (Å²) in [6.07, 6.45) is 4.51. The number of rotatable bonds is 6. The van der Waals surface area contributed by atoms with Gasteiger partial charge in [-0.1, -0.05) is 17.8 Å². The highest BCUT2D eigenvalue weighted by molar-refractivity contribution is 7.98. The summed E-state index contributed by atoms with van der Waals surface area (Å²) in [5.41, 5.74) is -0.827. The average molecular weight is 387 g/mol. The van der Waals surface area contributed by atoms with Crippen LogP contribution >= 0.6 is 11.8 Å². The number of aromatic nitrogens is 2. The third-order valence-corrected chi connectivity index (χ3v) is 4.55. The van der Waals surface area contributed by atoms with E-state index in [2.05, 4.69) is 4.98 Å².